The van der Waals surface area contributed by atoms with Gasteiger partial charge in [-0.05, 0) is 31.9 Å². The van der Waals surface area contributed by atoms with Crippen LogP contribution in [-0.4, -0.2) is 43.2 Å². The largest absolute Gasteiger partial charge is 0.381 e. The molecule has 2 heterocycles. The average molecular weight is 305 g/mol. The monoisotopic (exact) mass is 304 g/mol. The summed E-state index contributed by atoms with van der Waals surface area (Å²) in [5.41, 5.74) is 5.79. The second-order valence-electron chi connectivity index (χ2n) is 4.68. The number of nitrogens with two attached hydrogens (primary N) is 1. The normalized spacial score (nSPS) is 23.0. The predicted molar refractivity (Wildman–Crippen MR) is 80.2 cm³/mol. The fraction of sp³-hybridized carbons (Fsp3) is 0.615. The molecule has 108 valence electrons. The van der Waals surface area contributed by atoms with Crippen molar-refractivity contribution in [2.24, 2.45) is 5.73 Å². The van der Waals surface area contributed by atoms with Crippen LogP contribution in [0.4, 0.5) is 0 Å². The number of nitrogens with zero attached hydrogens (tertiary/aromatic N) is 1. The van der Waals surface area contributed by atoms with Gasteiger partial charge in [-0.15, -0.1) is 23.7 Å². The Bertz CT molecular complexity index is 425. The van der Waals surface area contributed by atoms with Gasteiger partial charge in [-0.1, -0.05) is 0 Å². The van der Waals surface area contributed by atoms with E-state index in [1.54, 1.807) is 18.4 Å². The molecule has 19 heavy (non-hydrogen) atoms. The van der Waals surface area contributed by atoms with Crippen LogP contribution >= 0.6 is 23.7 Å². The molecule has 6 heteroatoms. The molecule has 0 bridgehead atoms. The first-order valence-corrected chi connectivity index (χ1v) is 7.07. The zero-order valence-corrected chi connectivity index (χ0v) is 12.9. The fourth-order valence-corrected chi connectivity index (χ4v) is 3.23. The molecule has 1 aromatic rings. The van der Waals surface area contributed by atoms with E-state index in [9.17, 15) is 4.79 Å². The smallest absolute Gasteiger partial charge is 0.264 e. The summed E-state index contributed by atoms with van der Waals surface area (Å²) in [5, 5.41) is 0. The minimum atomic E-state index is 0. The van der Waals surface area contributed by atoms with E-state index in [-0.39, 0.29) is 30.5 Å². The average Bonchev–Trinajstić information content (AvgIpc) is 2.83. The van der Waals surface area contributed by atoms with Crippen LogP contribution in [0.25, 0.3) is 0 Å². The fourth-order valence-electron chi connectivity index (χ4n) is 2.41. The molecule has 0 radical (unpaired) electrons. The van der Waals surface area contributed by atoms with E-state index in [4.69, 9.17) is 10.5 Å². The van der Waals surface area contributed by atoms with Crippen molar-refractivity contribution in [3.63, 3.8) is 0 Å². The van der Waals surface area contributed by atoms with E-state index in [2.05, 4.69) is 0 Å². The lowest BCUT2D eigenvalue weighted by atomic mass is 9.99. The van der Waals surface area contributed by atoms with Crippen molar-refractivity contribution < 1.29 is 9.53 Å². The first kappa shape index (κ1) is 16.4. The Morgan fingerprint density at radius 2 is 2.32 bits per heavy atom. The Balaban J connectivity index is 0.00000180. The van der Waals surface area contributed by atoms with E-state index in [1.165, 1.54) is 0 Å². The number of amides is 1. The number of carbonyl (C=O) groups is 1. The minimum Gasteiger partial charge on any atom is -0.381 e. The number of likely N-dealkylation sites (tertiary alicyclic amines) is 1. The number of rotatable bonds is 3. The molecule has 0 aliphatic carbocycles. The summed E-state index contributed by atoms with van der Waals surface area (Å²) >= 11 is 1.55. The summed E-state index contributed by atoms with van der Waals surface area (Å²) < 4.78 is 5.37. The molecule has 1 fully saturated rings. The van der Waals surface area contributed by atoms with Gasteiger partial charge in [-0.3, -0.25) is 4.79 Å². The van der Waals surface area contributed by atoms with E-state index in [1.807, 2.05) is 24.0 Å². The number of thiophene rings is 1. The molecule has 0 saturated carbocycles. The molecule has 4 nitrogen and oxygen atoms in total. The van der Waals surface area contributed by atoms with Crippen molar-refractivity contribution >= 4 is 29.7 Å². The molecule has 0 aromatic carbocycles. The number of aryl methyl sites for hydroxylation is 1. The van der Waals surface area contributed by atoms with Gasteiger partial charge in [0.15, 0.2) is 0 Å². The molecule has 1 saturated heterocycles. The maximum atomic E-state index is 12.4. The highest BCUT2D eigenvalue weighted by Gasteiger charge is 2.31. The predicted octanol–water partition coefficient (Wildman–Crippen LogP) is 2.06. The maximum Gasteiger partial charge on any atom is 0.264 e. The molecule has 1 aliphatic heterocycles. The van der Waals surface area contributed by atoms with Gasteiger partial charge in [0.1, 0.15) is 0 Å². The standard InChI is InChI=1S/C13H20N2O2S.ClH/c1-9-3-4-12(18-9)13(16)15-6-5-11(17-2)7-10(15)8-14;/h3-4,10-11H,5-8,14H2,1-2H3;1H. The van der Waals surface area contributed by atoms with Crippen molar-refractivity contribution in [3.8, 4) is 0 Å². The molecule has 1 amide bonds. The quantitative estimate of drug-likeness (QED) is 0.930. The third-order valence-electron chi connectivity index (χ3n) is 3.49. The molecule has 2 N–H and O–H groups in total. The van der Waals surface area contributed by atoms with Crippen LogP contribution in [0.3, 0.4) is 0 Å². The second-order valence-corrected chi connectivity index (χ2v) is 5.97. The van der Waals surface area contributed by atoms with Crippen LogP contribution in [0.5, 0.6) is 0 Å². The van der Waals surface area contributed by atoms with E-state index in [0.717, 1.165) is 29.1 Å². The zero-order chi connectivity index (χ0) is 13.1. The van der Waals surface area contributed by atoms with Crippen molar-refractivity contribution in [1.82, 2.24) is 4.90 Å². The molecular weight excluding hydrogens is 284 g/mol. The number of hydrogen-bond acceptors (Lipinski definition) is 4. The van der Waals surface area contributed by atoms with Crippen molar-refractivity contribution in [3.05, 3.63) is 21.9 Å². The van der Waals surface area contributed by atoms with E-state index in [0.29, 0.717) is 6.54 Å². The Hall–Kier alpha value is -0.620. The number of methoxy groups -OCH3 is 1. The van der Waals surface area contributed by atoms with Crippen LogP contribution in [0, 0.1) is 6.92 Å². The van der Waals surface area contributed by atoms with Crippen LogP contribution in [0.15, 0.2) is 12.1 Å². The Labute approximate surface area is 124 Å². The van der Waals surface area contributed by atoms with Gasteiger partial charge in [-0.25, -0.2) is 0 Å². The van der Waals surface area contributed by atoms with Gasteiger partial charge in [0.25, 0.3) is 5.91 Å². The van der Waals surface area contributed by atoms with E-state index < -0.39 is 0 Å². The first-order chi connectivity index (χ1) is 8.65. The van der Waals surface area contributed by atoms with Gasteiger partial charge in [0.2, 0.25) is 0 Å². The summed E-state index contributed by atoms with van der Waals surface area (Å²) in [6.45, 7) is 3.24. The third kappa shape index (κ3) is 3.69. The molecular formula is C13H21ClN2O2S. The summed E-state index contributed by atoms with van der Waals surface area (Å²) in [4.78, 5) is 16.3. The van der Waals surface area contributed by atoms with Gasteiger partial charge in [-0.2, -0.15) is 0 Å². The zero-order valence-electron chi connectivity index (χ0n) is 11.3. The molecule has 2 unspecified atom stereocenters. The topological polar surface area (TPSA) is 55.6 Å². The molecule has 2 rings (SSSR count). The Morgan fingerprint density at radius 1 is 1.58 bits per heavy atom. The van der Waals surface area contributed by atoms with Crippen LogP contribution in [0.2, 0.25) is 0 Å². The van der Waals surface area contributed by atoms with Crippen LogP contribution in [0.1, 0.15) is 27.4 Å². The number of hydrogen-bond donors (Lipinski definition) is 1. The Kier molecular flexibility index (Phi) is 6.26. The van der Waals surface area contributed by atoms with Gasteiger partial charge < -0.3 is 15.4 Å². The van der Waals surface area contributed by atoms with Gasteiger partial charge >= 0.3 is 0 Å². The number of carbonyl (C=O) groups excluding carboxylic acids is 1. The number of halogens is 1. The summed E-state index contributed by atoms with van der Waals surface area (Å²) in [5.74, 6) is 0.109. The van der Waals surface area contributed by atoms with Crippen LogP contribution < -0.4 is 5.73 Å². The lowest BCUT2D eigenvalue weighted by Crippen LogP contribution is -2.51. The first-order valence-electron chi connectivity index (χ1n) is 6.26. The van der Waals surface area contributed by atoms with Crippen molar-refractivity contribution in [1.29, 1.82) is 0 Å². The van der Waals surface area contributed by atoms with Crippen molar-refractivity contribution in [2.45, 2.75) is 31.9 Å². The lowest BCUT2D eigenvalue weighted by molar-refractivity contribution is 0.0141. The number of piperidine rings is 1. The SMILES string of the molecule is COC1CCN(C(=O)c2ccc(C)s2)C(CN)C1.Cl. The second kappa shape index (κ2) is 7.24. The van der Waals surface area contributed by atoms with Gasteiger partial charge in [0.05, 0.1) is 11.0 Å². The Morgan fingerprint density at radius 3 is 2.84 bits per heavy atom. The van der Waals surface area contributed by atoms with Crippen LogP contribution in [-0.2, 0) is 4.74 Å². The lowest BCUT2D eigenvalue weighted by Gasteiger charge is -2.38. The number of ether oxygens (including phenoxy) is 1. The van der Waals surface area contributed by atoms with Gasteiger partial charge in [0, 0.05) is 31.1 Å². The summed E-state index contributed by atoms with van der Waals surface area (Å²) in [6.07, 6.45) is 1.96. The van der Waals surface area contributed by atoms with E-state index >= 15 is 0 Å². The molecule has 0 spiro atoms. The summed E-state index contributed by atoms with van der Waals surface area (Å²) in [7, 11) is 1.72. The summed E-state index contributed by atoms with van der Waals surface area (Å²) in [6, 6.07) is 3.98. The minimum absolute atomic E-state index is 0. The highest BCUT2D eigenvalue weighted by molar-refractivity contribution is 7.13. The molecule has 1 aromatic heterocycles. The third-order valence-corrected chi connectivity index (χ3v) is 4.47. The molecule has 2 atom stereocenters. The van der Waals surface area contributed by atoms with Crippen molar-refractivity contribution in [2.75, 3.05) is 20.2 Å². The maximum absolute atomic E-state index is 12.4. The molecule has 1 aliphatic rings. The highest BCUT2D eigenvalue weighted by atomic mass is 35.5. The highest BCUT2D eigenvalue weighted by Crippen LogP contribution is 2.24.